The van der Waals surface area contributed by atoms with Crippen LogP contribution in [0.2, 0.25) is 5.02 Å². The van der Waals surface area contributed by atoms with E-state index in [1.165, 1.54) is 0 Å². The van der Waals surface area contributed by atoms with E-state index in [0.29, 0.717) is 25.9 Å². The van der Waals surface area contributed by atoms with Gasteiger partial charge >= 0.3 is 0 Å². The van der Waals surface area contributed by atoms with Gasteiger partial charge in [-0.15, -0.1) is 0 Å². The third kappa shape index (κ3) is 3.06. The monoisotopic (exact) mass is 350 g/mol. The topological polar surface area (TPSA) is 50.8 Å². The maximum atomic E-state index is 12.4. The Hall–Kier alpha value is -1.14. The summed E-state index contributed by atoms with van der Waals surface area (Å²) in [6, 6.07) is 8.46. The first kappa shape index (κ1) is 16.3. The summed E-state index contributed by atoms with van der Waals surface area (Å²) in [4.78, 5) is 14.8. The number of fused-ring (bicyclic) bond motifs is 1. The molecule has 3 heterocycles. The first-order valence-corrected chi connectivity index (χ1v) is 8.91. The summed E-state index contributed by atoms with van der Waals surface area (Å²) in [6.07, 6.45) is 1.03. The molecule has 1 aromatic carbocycles. The fraction of sp³-hybridized carbons (Fsp3) is 0.611. The number of ether oxygens (including phenoxy) is 2. The molecular formula is C18H23ClN2O3. The molecule has 6 heteroatoms. The van der Waals surface area contributed by atoms with E-state index >= 15 is 0 Å². The second kappa shape index (κ2) is 6.30. The molecule has 1 amide bonds. The summed E-state index contributed by atoms with van der Waals surface area (Å²) in [7, 11) is 0. The first-order chi connectivity index (χ1) is 11.5. The van der Waals surface area contributed by atoms with E-state index in [2.05, 4.69) is 10.2 Å². The Morgan fingerprint density at radius 2 is 2.04 bits per heavy atom. The summed E-state index contributed by atoms with van der Waals surface area (Å²) in [5.41, 5.74) is 0.815. The number of hydrogen-bond acceptors (Lipinski definition) is 4. The number of nitrogens with zero attached hydrogens (tertiary/aromatic N) is 1. The van der Waals surface area contributed by atoms with E-state index < -0.39 is 0 Å². The molecule has 0 spiro atoms. The van der Waals surface area contributed by atoms with E-state index in [9.17, 15) is 4.79 Å². The number of rotatable bonds is 3. The van der Waals surface area contributed by atoms with Crippen LogP contribution in [0.4, 0.5) is 0 Å². The largest absolute Gasteiger partial charge is 0.379 e. The van der Waals surface area contributed by atoms with Gasteiger partial charge in [0.05, 0.1) is 31.3 Å². The maximum absolute atomic E-state index is 12.4. The molecule has 3 saturated heterocycles. The molecule has 3 fully saturated rings. The molecule has 24 heavy (non-hydrogen) atoms. The van der Waals surface area contributed by atoms with Gasteiger partial charge < -0.3 is 14.8 Å². The molecule has 3 atom stereocenters. The highest BCUT2D eigenvalue weighted by Crippen LogP contribution is 2.32. The average molecular weight is 351 g/mol. The molecular weight excluding hydrogens is 328 g/mol. The lowest BCUT2D eigenvalue weighted by molar-refractivity contribution is -0.158. The molecule has 0 bridgehead atoms. The minimum Gasteiger partial charge on any atom is -0.379 e. The molecule has 0 radical (unpaired) electrons. The molecule has 130 valence electrons. The van der Waals surface area contributed by atoms with E-state index in [1.54, 1.807) is 0 Å². The van der Waals surface area contributed by atoms with Gasteiger partial charge in [0, 0.05) is 30.2 Å². The van der Waals surface area contributed by atoms with Gasteiger partial charge in [-0.1, -0.05) is 23.7 Å². The zero-order chi connectivity index (χ0) is 16.7. The van der Waals surface area contributed by atoms with Crippen LogP contribution in [-0.4, -0.2) is 55.8 Å². The van der Waals surface area contributed by atoms with Crippen molar-refractivity contribution >= 4 is 17.5 Å². The van der Waals surface area contributed by atoms with E-state index in [-0.39, 0.29) is 23.5 Å². The smallest absolute Gasteiger partial charge is 0.230 e. The Balaban J connectivity index is 1.35. The van der Waals surface area contributed by atoms with Gasteiger partial charge in [0.1, 0.15) is 0 Å². The maximum Gasteiger partial charge on any atom is 0.230 e. The lowest BCUT2D eigenvalue weighted by Gasteiger charge is -2.37. The van der Waals surface area contributed by atoms with Gasteiger partial charge in [-0.2, -0.15) is 0 Å². The number of carbonyl (C=O) groups excluding carboxylic acids is 1. The highest BCUT2D eigenvalue weighted by atomic mass is 35.5. The molecule has 5 nitrogen and oxygen atoms in total. The van der Waals surface area contributed by atoms with Crippen molar-refractivity contribution < 1.29 is 14.3 Å². The van der Waals surface area contributed by atoms with Gasteiger partial charge in [-0.25, -0.2) is 0 Å². The molecule has 1 N–H and O–H groups in total. The summed E-state index contributed by atoms with van der Waals surface area (Å²) < 4.78 is 11.2. The van der Waals surface area contributed by atoms with E-state index in [4.69, 9.17) is 21.1 Å². The second-order valence-electron chi connectivity index (χ2n) is 7.44. The van der Waals surface area contributed by atoms with Crippen molar-refractivity contribution in [3.8, 4) is 0 Å². The van der Waals surface area contributed by atoms with Gasteiger partial charge in [0.15, 0.2) is 0 Å². The standard InChI is InChI=1S/C18H23ClN2O3/c1-18(10-23-11-18)17(22)20-14-6-15-9-24-16(8-21(15)7-14)12-2-4-13(19)5-3-12/h2-5,14-16H,6-11H2,1H3,(H,20,22)/t14-,15+,16-/m1/s1. The number of benzene rings is 1. The zero-order valence-electron chi connectivity index (χ0n) is 13.8. The minimum absolute atomic E-state index is 0.0746. The lowest BCUT2D eigenvalue weighted by Crippen LogP contribution is -2.54. The van der Waals surface area contributed by atoms with Crippen LogP contribution in [0.25, 0.3) is 0 Å². The Morgan fingerprint density at radius 1 is 1.29 bits per heavy atom. The number of halogens is 1. The van der Waals surface area contributed by atoms with Crippen LogP contribution >= 0.6 is 11.6 Å². The molecule has 0 saturated carbocycles. The highest BCUT2D eigenvalue weighted by Gasteiger charge is 2.44. The quantitative estimate of drug-likeness (QED) is 0.906. The van der Waals surface area contributed by atoms with Gasteiger partial charge in [-0.05, 0) is 31.0 Å². The predicted octanol–water partition coefficient (Wildman–Crippen LogP) is 2.01. The van der Waals surface area contributed by atoms with Crippen molar-refractivity contribution in [2.75, 3.05) is 32.9 Å². The summed E-state index contributed by atoms with van der Waals surface area (Å²) in [6.45, 7) is 5.48. The molecule has 1 aromatic rings. The Kier molecular flexibility index (Phi) is 4.29. The minimum atomic E-state index is -0.342. The molecule has 0 aromatic heterocycles. The number of carbonyl (C=O) groups is 1. The Bertz CT molecular complexity index is 617. The van der Waals surface area contributed by atoms with Gasteiger partial charge in [0.25, 0.3) is 0 Å². The number of amides is 1. The van der Waals surface area contributed by atoms with Crippen molar-refractivity contribution in [3.05, 3.63) is 34.9 Å². The lowest BCUT2D eigenvalue weighted by atomic mass is 9.87. The SMILES string of the molecule is CC1(C(=O)N[C@@H]2C[C@H]3CO[C@@H](c4ccc(Cl)cc4)CN3C2)COC1. The van der Waals surface area contributed by atoms with Crippen LogP contribution in [0.3, 0.4) is 0 Å². The summed E-state index contributed by atoms with van der Waals surface area (Å²) in [5, 5.41) is 3.95. The Morgan fingerprint density at radius 3 is 2.71 bits per heavy atom. The number of hydrogen-bond donors (Lipinski definition) is 1. The average Bonchev–Trinajstić information content (AvgIpc) is 2.94. The zero-order valence-corrected chi connectivity index (χ0v) is 14.6. The first-order valence-electron chi connectivity index (χ1n) is 8.53. The highest BCUT2D eigenvalue weighted by molar-refractivity contribution is 6.30. The molecule has 0 aliphatic carbocycles. The van der Waals surface area contributed by atoms with Crippen LogP contribution in [0.5, 0.6) is 0 Å². The predicted molar refractivity (Wildman–Crippen MR) is 91.0 cm³/mol. The van der Waals surface area contributed by atoms with Crippen molar-refractivity contribution in [1.82, 2.24) is 10.2 Å². The van der Waals surface area contributed by atoms with Crippen LogP contribution in [0, 0.1) is 5.41 Å². The normalized spacial score (nSPS) is 32.0. The van der Waals surface area contributed by atoms with Gasteiger partial charge in [0.2, 0.25) is 5.91 Å². The molecule has 0 unspecified atom stereocenters. The van der Waals surface area contributed by atoms with Crippen LogP contribution in [0.1, 0.15) is 25.0 Å². The number of nitrogens with one attached hydrogen (secondary N) is 1. The fourth-order valence-electron chi connectivity index (χ4n) is 3.76. The van der Waals surface area contributed by atoms with Crippen molar-refractivity contribution in [1.29, 1.82) is 0 Å². The van der Waals surface area contributed by atoms with Crippen LogP contribution in [0.15, 0.2) is 24.3 Å². The molecule has 3 aliphatic rings. The van der Waals surface area contributed by atoms with Crippen LogP contribution in [-0.2, 0) is 14.3 Å². The van der Waals surface area contributed by atoms with E-state index in [1.807, 2.05) is 31.2 Å². The molecule has 3 aliphatic heterocycles. The van der Waals surface area contributed by atoms with Crippen molar-refractivity contribution in [3.63, 3.8) is 0 Å². The van der Waals surface area contributed by atoms with E-state index in [0.717, 1.165) is 30.1 Å². The summed E-state index contributed by atoms with van der Waals surface area (Å²) >= 11 is 5.96. The molecule has 4 rings (SSSR count). The Labute approximate surface area is 147 Å². The fourth-order valence-corrected chi connectivity index (χ4v) is 3.88. The van der Waals surface area contributed by atoms with Crippen LogP contribution < -0.4 is 5.32 Å². The number of morpholine rings is 1. The van der Waals surface area contributed by atoms with Crippen molar-refractivity contribution in [2.24, 2.45) is 5.41 Å². The third-order valence-electron chi connectivity index (χ3n) is 5.38. The third-order valence-corrected chi connectivity index (χ3v) is 5.64. The van der Waals surface area contributed by atoms with Gasteiger partial charge in [-0.3, -0.25) is 9.69 Å². The van der Waals surface area contributed by atoms with Crippen molar-refractivity contribution in [2.45, 2.75) is 31.5 Å². The summed E-state index contributed by atoms with van der Waals surface area (Å²) in [5.74, 6) is 0.119. The second-order valence-corrected chi connectivity index (χ2v) is 7.88.